The van der Waals surface area contributed by atoms with Crippen LogP contribution in [0.25, 0.3) is 5.76 Å². The third kappa shape index (κ3) is 2.41. The fraction of sp³-hybridized carbons (Fsp3) is 0.100. The normalized spacial score (nSPS) is 11.6. The molecular weight excluding hydrogens is 217 g/mol. The van der Waals surface area contributed by atoms with Crippen LogP contribution in [0.3, 0.4) is 0 Å². The van der Waals surface area contributed by atoms with E-state index in [1.807, 2.05) is 0 Å². The van der Waals surface area contributed by atoms with Crippen LogP contribution >= 0.6 is 0 Å². The molecule has 6 heteroatoms. The molecule has 1 aromatic rings. The molecule has 16 heavy (non-hydrogen) atoms. The zero-order valence-corrected chi connectivity index (χ0v) is 8.31. The lowest BCUT2D eigenvalue weighted by molar-refractivity contribution is -0.136. The van der Waals surface area contributed by atoms with Gasteiger partial charge in [0.2, 0.25) is 5.70 Å². The Labute approximate surface area is 90.1 Å². The number of carbonyl (C=O) groups excluding carboxylic acids is 1. The molecule has 0 heterocycles. The summed E-state index contributed by atoms with van der Waals surface area (Å²) in [6.45, 7) is 0. The fourth-order valence-corrected chi connectivity index (χ4v) is 1.02. The SMILES string of the molecule is COC(=O)C(N=O)=C(O)c1ccc(F)cc1. The summed E-state index contributed by atoms with van der Waals surface area (Å²) in [5.74, 6) is -2.21. The number of hydrogen-bond donors (Lipinski definition) is 1. The molecule has 5 nitrogen and oxygen atoms in total. The summed E-state index contributed by atoms with van der Waals surface area (Å²) in [5, 5.41) is 11.9. The van der Waals surface area contributed by atoms with Gasteiger partial charge in [-0.15, -0.1) is 4.91 Å². The van der Waals surface area contributed by atoms with Crippen molar-refractivity contribution in [3.05, 3.63) is 46.3 Å². The summed E-state index contributed by atoms with van der Waals surface area (Å²) < 4.78 is 16.8. The maximum atomic E-state index is 12.6. The summed E-state index contributed by atoms with van der Waals surface area (Å²) >= 11 is 0. The van der Waals surface area contributed by atoms with Crippen molar-refractivity contribution in [1.29, 1.82) is 0 Å². The van der Waals surface area contributed by atoms with Gasteiger partial charge in [-0.2, -0.15) is 0 Å². The van der Waals surface area contributed by atoms with Gasteiger partial charge in [0.25, 0.3) is 0 Å². The molecule has 0 aliphatic heterocycles. The number of hydrogen-bond acceptors (Lipinski definition) is 5. The molecule has 84 valence electrons. The number of carbonyl (C=O) groups is 1. The summed E-state index contributed by atoms with van der Waals surface area (Å²) in [4.78, 5) is 21.4. The highest BCUT2D eigenvalue weighted by Gasteiger charge is 2.18. The van der Waals surface area contributed by atoms with Crippen LogP contribution < -0.4 is 0 Å². The molecular formula is C10H8FNO4. The Morgan fingerprint density at radius 3 is 2.38 bits per heavy atom. The van der Waals surface area contributed by atoms with E-state index in [0.29, 0.717) is 0 Å². The van der Waals surface area contributed by atoms with Crippen LogP contribution in [0.4, 0.5) is 4.39 Å². The van der Waals surface area contributed by atoms with Gasteiger partial charge >= 0.3 is 5.97 Å². The average molecular weight is 225 g/mol. The smallest absolute Gasteiger partial charge is 0.364 e. The van der Waals surface area contributed by atoms with Crippen LogP contribution in [0.1, 0.15) is 5.56 Å². The van der Waals surface area contributed by atoms with Gasteiger partial charge in [-0.1, -0.05) is 0 Å². The molecule has 0 aromatic heterocycles. The Kier molecular flexibility index (Phi) is 3.71. The highest BCUT2D eigenvalue weighted by atomic mass is 19.1. The molecule has 0 fully saturated rings. The maximum Gasteiger partial charge on any atom is 0.364 e. The maximum absolute atomic E-state index is 12.6. The molecule has 0 unspecified atom stereocenters. The van der Waals surface area contributed by atoms with E-state index in [9.17, 15) is 19.2 Å². The number of halogens is 1. The molecule has 1 N–H and O–H groups in total. The second-order valence-corrected chi connectivity index (χ2v) is 2.79. The van der Waals surface area contributed by atoms with Gasteiger partial charge < -0.3 is 9.84 Å². The van der Waals surface area contributed by atoms with Crippen LogP contribution in [0.2, 0.25) is 0 Å². The average Bonchev–Trinajstić information content (AvgIpc) is 2.30. The molecule has 0 aliphatic rings. The quantitative estimate of drug-likeness (QED) is 0.369. The van der Waals surface area contributed by atoms with E-state index in [4.69, 9.17) is 0 Å². The van der Waals surface area contributed by atoms with Crippen molar-refractivity contribution in [3.8, 4) is 0 Å². The predicted octanol–water partition coefficient (Wildman–Crippen LogP) is 1.99. The van der Waals surface area contributed by atoms with E-state index in [1.54, 1.807) is 0 Å². The van der Waals surface area contributed by atoms with Gasteiger partial charge in [-0.05, 0) is 29.4 Å². The van der Waals surface area contributed by atoms with E-state index in [-0.39, 0.29) is 5.56 Å². The monoisotopic (exact) mass is 225 g/mol. The first-order valence-electron chi connectivity index (χ1n) is 4.21. The zero-order chi connectivity index (χ0) is 12.1. The molecule has 0 saturated heterocycles. The van der Waals surface area contributed by atoms with E-state index in [2.05, 4.69) is 9.91 Å². The first kappa shape index (κ1) is 11.8. The third-order valence-electron chi connectivity index (χ3n) is 1.81. The lowest BCUT2D eigenvalue weighted by atomic mass is 10.1. The van der Waals surface area contributed by atoms with Crippen LogP contribution in [-0.4, -0.2) is 18.2 Å². The van der Waals surface area contributed by atoms with Crippen molar-refractivity contribution in [2.75, 3.05) is 7.11 Å². The van der Waals surface area contributed by atoms with Gasteiger partial charge in [0.15, 0.2) is 5.76 Å². The topological polar surface area (TPSA) is 76.0 Å². The van der Waals surface area contributed by atoms with Crippen molar-refractivity contribution in [1.82, 2.24) is 0 Å². The summed E-state index contributed by atoms with van der Waals surface area (Å²) in [6, 6.07) is 4.56. The fourth-order valence-electron chi connectivity index (χ4n) is 1.02. The molecule has 1 rings (SSSR count). The molecule has 0 saturated carbocycles. The Morgan fingerprint density at radius 2 is 1.94 bits per heavy atom. The number of rotatable bonds is 3. The molecule has 0 radical (unpaired) electrons. The van der Waals surface area contributed by atoms with E-state index in [1.165, 1.54) is 12.1 Å². The zero-order valence-electron chi connectivity index (χ0n) is 8.31. The summed E-state index contributed by atoms with van der Waals surface area (Å²) in [6.07, 6.45) is 0. The first-order valence-corrected chi connectivity index (χ1v) is 4.21. The van der Waals surface area contributed by atoms with Gasteiger partial charge in [0, 0.05) is 5.56 Å². The summed E-state index contributed by atoms with van der Waals surface area (Å²) in [5.41, 5.74) is -0.657. The minimum atomic E-state index is -1.06. The Balaban J connectivity index is 3.19. The van der Waals surface area contributed by atoms with E-state index < -0.39 is 23.2 Å². The molecule has 0 spiro atoms. The van der Waals surface area contributed by atoms with Gasteiger partial charge in [0.1, 0.15) is 5.82 Å². The number of ether oxygens (including phenoxy) is 1. The van der Waals surface area contributed by atoms with Crippen molar-refractivity contribution in [3.63, 3.8) is 0 Å². The van der Waals surface area contributed by atoms with Crippen LogP contribution in [0.15, 0.2) is 35.1 Å². The van der Waals surface area contributed by atoms with Gasteiger partial charge in [-0.3, -0.25) is 0 Å². The first-order chi connectivity index (χ1) is 7.60. The minimum Gasteiger partial charge on any atom is -0.505 e. The van der Waals surface area contributed by atoms with E-state index >= 15 is 0 Å². The highest BCUT2D eigenvalue weighted by molar-refractivity contribution is 5.95. The Bertz CT molecular complexity index is 439. The standard InChI is InChI=1S/C10H8FNO4/c1-16-10(14)8(12-15)9(13)6-2-4-7(11)5-3-6/h2-5,13H,1H3. The van der Waals surface area contributed by atoms with E-state index in [0.717, 1.165) is 19.2 Å². The predicted molar refractivity (Wildman–Crippen MR) is 53.8 cm³/mol. The number of benzene rings is 1. The van der Waals surface area contributed by atoms with Crippen molar-refractivity contribution in [2.45, 2.75) is 0 Å². The molecule has 0 bridgehead atoms. The summed E-state index contributed by atoms with van der Waals surface area (Å²) in [7, 11) is 1.05. The van der Waals surface area contributed by atoms with Crippen LogP contribution in [0.5, 0.6) is 0 Å². The van der Waals surface area contributed by atoms with Crippen molar-refractivity contribution >= 4 is 11.7 Å². The lowest BCUT2D eigenvalue weighted by Gasteiger charge is -2.02. The third-order valence-corrected chi connectivity index (χ3v) is 1.81. The number of nitroso groups, excluding NO2 is 1. The molecule has 1 aromatic carbocycles. The van der Waals surface area contributed by atoms with Gasteiger partial charge in [-0.25, -0.2) is 9.18 Å². The number of aliphatic hydroxyl groups is 1. The largest absolute Gasteiger partial charge is 0.505 e. The van der Waals surface area contributed by atoms with Crippen molar-refractivity contribution < 1.29 is 19.0 Å². The molecule has 0 aliphatic carbocycles. The number of methoxy groups -OCH3 is 1. The lowest BCUT2D eigenvalue weighted by Crippen LogP contribution is -2.05. The second-order valence-electron chi connectivity index (χ2n) is 2.79. The molecule has 0 amide bonds. The minimum absolute atomic E-state index is 0.0985. The van der Waals surface area contributed by atoms with Gasteiger partial charge in [0.05, 0.1) is 7.11 Å². The second kappa shape index (κ2) is 5.01. The Hall–Kier alpha value is -2.24. The molecule has 0 atom stereocenters. The number of aliphatic hydroxyl groups excluding tert-OH is 1. The number of esters is 1. The van der Waals surface area contributed by atoms with Crippen LogP contribution in [-0.2, 0) is 9.53 Å². The highest BCUT2D eigenvalue weighted by Crippen LogP contribution is 2.18. The Morgan fingerprint density at radius 1 is 1.38 bits per heavy atom. The van der Waals surface area contributed by atoms with Crippen LogP contribution in [0, 0.1) is 10.7 Å². The number of nitrogens with zero attached hydrogens (tertiary/aromatic N) is 1. The van der Waals surface area contributed by atoms with Crippen molar-refractivity contribution in [2.24, 2.45) is 5.18 Å².